The number of nitrogens with one attached hydrogen (secondary N) is 1. The Morgan fingerprint density at radius 2 is 1.76 bits per heavy atom. The lowest BCUT2D eigenvalue weighted by atomic mass is 9.90. The van der Waals surface area contributed by atoms with Gasteiger partial charge in [0.2, 0.25) is 0 Å². The monoisotopic (exact) mass is 245 g/mol. The van der Waals surface area contributed by atoms with Crippen molar-refractivity contribution in [2.24, 2.45) is 17.8 Å². The van der Waals surface area contributed by atoms with Crippen molar-refractivity contribution in [2.75, 3.05) is 19.8 Å². The molecule has 2 nitrogen and oxygen atoms in total. The molecule has 98 valence electrons. The predicted octanol–water partition coefficient (Wildman–Crippen LogP) is 2.44. The quantitative estimate of drug-likeness (QED) is 0.806. The number of hydrogen-bond donors (Lipinski definition) is 1. The topological polar surface area (TPSA) is 21.3 Å². The molecule has 2 heterocycles. The Balaban J connectivity index is 1.64. The first-order valence-corrected chi connectivity index (χ1v) is 6.90. The van der Waals surface area contributed by atoms with E-state index in [-0.39, 0.29) is 17.9 Å². The van der Waals surface area contributed by atoms with Crippen LogP contribution >= 0.6 is 0 Å². The molecule has 3 atom stereocenters. The minimum Gasteiger partial charge on any atom is -0.381 e. The standard InChI is InChI=1S/C13H21F2NO/c14-13(15)11(9-4-7-17-8-5-9)12(13)10-3-1-2-6-16-10/h9-12,16H,1-8H2. The lowest BCUT2D eigenvalue weighted by molar-refractivity contribution is 0.0283. The molecule has 0 aromatic heterocycles. The summed E-state index contributed by atoms with van der Waals surface area (Å²) in [7, 11) is 0. The summed E-state index contributed by atoms with van der Waals surface area (Å²) in [5.41, 5.74) is 0. The van der Waals surface area contributed by atoms with Crippen molar-refractivity contribution < 1.29 is 13.5 Å². The zero-order valence-corrected chi connectivity index (χ0v) is 10.1. The summed E-state index contributed by atoms with van der Waals surface area (Å²) in [6.45, 7) is 2.25. The van der Waals surface area contributed by atoms with Gasteiger partial charge in [0.15, 0.2) is 0 Å². The van der Waals surface area contributed by atoms with Crippen LogP contribution < -0.4 is 5.32 Å². The van der Waals surface area contributed by atoms with Crippen molar-refractivity contribution in [2.45, 2.75) is 44.1 Å². The summed E-state index contributed by atoms with van der Waals surface area (Å²) in [6, 6.07) is 0.0617. The van der Waals surface area contributed by atoms with Crippen molar-refractivity contribution in [3.63, 3.8) is 0 Å². The normalized spacial score (nSPS) is 42.4. The fourth-order valence-electron chi connectivity index (χ4n) is 3.76. The Hall–Kier alpha value is -0.220. The summed E-state index contributed by atoms with van der Waals surface area (Å²) in [5, 5.41) is 3.29. The molecule has 0 bridgehead atoms. The summed E-state index contributed by atoms with van der Waals surface area (Å²) in [4.78, 5) is 0. The van der Waals surface area contributed by atoms with Crippen molar-refractivity contribution in [3.05, 3.63) is 0 Å². The summed E-state index contributed by atoms with van der Waals surface area (Å²) < 4.78 is 33.2. The van der Waals surface area contributed by atoms with E-state index in [0.717, 1.165) is 38.6 Å². The fraction of sp³-hybridized carbons (Fsp3) is 1.00. The molecule has 0 aromatic rings. The van der Waals surface area contributed by atoms with E-state index in [1.807, 2.05) is 0 Å². The zero-order valence-electron chi connectivity index (χ0n) is 10.1. The highest BCUT2D eigenvalue weighted by Gasteiger charge is 2.72. The van der Waals surface area contributed by atoms with Gasteiger partial charge in [-0.3, -0.25) is 0 Å². The van der Waals surface area contributed by atoms with E-state index in [0.29, 0.717) is 13.2 Å². The average Bonchev–Trinajstić information content (AvgIpc) is 2.94. The molecule has 3 rings (SSSR count). The average molecular weight is 245 g/mol. The predicted molar refractivity (Wildman–Crippen MR) is 61.1 cm³/mol. The van der Waals surface area contributed by atoms with Crippen LogP contribution in [0.3, 0.4) is 0 Å². The van der Waals surface area contributed by atoms with Crippen molar-refractivity contribution in [1.29, 1.82) is 0 Å². The van der Waals surface area contributed by atoms with Gasteiger partial charge in [-0.05, 0) is 38.1 Å². The Labute approximate surface area is 101 Å². The maximum atomic E-state index is 13.9. The lowest BCUT2D eigenvalue weighted by Crippen LogP contribution is -2.37. The summed E-state index contributed by atoms with van der Waals surface area (Å²) in [5.74, 6) is -3.00. The molecule has 0 amide bonds. The first-order chi connectivity index (χ1) is 8.21. The van der Waals surface area contributed by atoms with Crippen LogP contribution in [0.25, 0.3) is 0 Å². The lowest BCUT2D eigenvalue weighted by Gasteiger charge is -2.25. The number of piperidine rings is 1. The van der Waals surface area contributed by atoms with Crippen LogP contribution in [0.5, 0.6) is 0 Å². The van der Waals surface area contributed by atoms with Gasteiger partial charge in [0.25, 0.3) is 5.92 Å². The second-order valence-electron chi connectivity index (χ2n) is 5.73. The highest BCUT2D eigenvalue weighted by Crippen LogP contribution is 2.62. The van der Waals surface area contributed by atoms with Gasteiger partial charge < -0.3 is 10.1 Å². The SMILES string of the molecule is FC1(F)C(C2CCOCC2)C1C1CCCCN1. The third-order valence-corrected chi connectivity index (χ3v) is 4.72. The van der Waals surface area contributed by atoms with Gasteiger partial charge in [-0.2, -0.15) is 0 Å². The Kier molecular flexibility index (Phi) is 3.11. The molecule has 3 aliphatic rings. The van der Waals surface area contributed by atoms with Crippen LogP contribution in [-0.2, 0) is 4.74 Å². The highest BCUT2D eigenvalue weighted by atomic mass is 19.3. The van der Waals surface area contributed by atoms with E-state index in [9.17, 15) is 8.78 Å². The van der Waals surface area contributed by atoms with Crippen LogP contribution in [-0.4, -0.2) is 31.7 Å². The number of alkyl halides is 2. The minimum absolute atomic E-state index is 0.0617. The zero-order chi connectivity index (χ0) is 11.9. The van der Waals surface area contributed by atoms with Crippen LogP contribution in [0.1, 0.15) is 32.1 Å². The van der Waals surface area contributed by atoms with Gasteiger partial charge in [-0.15, -0.1) is 0 Å². The van der Waals surface area contributed by atoms with Crippen molar-refractivity contribution >= 4 is 0 Å². The molecule has 0 radical (unpaired) electrons. The van der Waals surface area contributed by atoms with Gasteiger partial charge in [0.1, 0.15) is 0 Å². The van der Waals surface area contributed by atoms with Crippen LogP contribution in [0, 0.1) is 17.8 Å². The van der Waals surface area contributed by atoms with E-state index in [2.05, 4.69) is 5.32 Å². The fourth-order valence-corrected chi connectivity index (χ4v) is 3.76. The molecule has 0 spiro atoms. The summed E-state index contributed by atoms with van der Waals surface area (Å²) in [6.07, 6.45) is 4.81. The van der Waals surface area contributed by atoms with Crippen molar-refractivity contribution in [1.82, 2.24) is 5.32 Å². The Morgan fingerprint density at radius 3 is 2.41 bits per heavy atom. The van der Waals surface area contributed by atoms with E-state index in [1.165, 1.54) is 0 Å². The molecule has 3 unspecified atom stereocenters. The minimum atomic E-state index is -2.42. The first kappa shape index (κ1) is 11.8. The van der Waals surface area contributed by atoms with Gasteiger partial charge in [0, 0.05) is 31.1 Å². The molecule has 2 aliphatic heterocycles. The van der Waals surface area contributed by atoms with Crippen molar-refractivity contribution in [3.8, 4) is 0 Å². The van der Waals surface area contributed by atoms with E-state index in [4.69, 9.17) is 4.74 Å². The summed E-state index contributed by atoms with van der Waals surface area (Å²) >= 11 is 0. The molecule has 17 heavy (non-hydrogen) atoms. The first-order valence-electron chi connectivity index (χ1n) is 6.90. The largest absolute Gasteiger partial charge is 0.381 e. The third kappa shape index (κ3) is 2.10. The molecule has 3 fully saturated rings. The smallest absolute Gasteiger partial charge is 0.256 e. The van der Waals surface area contributed by atoms with E-state index >= 15 is 0 Å². The van der Waals surface area contributed by atoms with E-state index in [1.54, 1.807) is 0 Å². The number of ether oxygens (including phenoxy) is 1. The Morgan fingerprint density at radius 1 is 1.00 bits per heavy atom. The van der Waals surface area contributed by atoms with Crippen LogP contribution in [0.2, 0.25) is 0 Å². The van der Waals surface area contributed by atoms with Crippen LogP contribution in [0.4, 0.5) is 8.78 Å². The maximum Gasteiger partial charge on any atom is 0.256 e. The van der Waals surface area contributed by atoms with Gasteiger partial charge in [-0.1, -0.05) is 6.42 Å². The van der Waals surface area contributed by atoms with Gasteiger partial charge >= 0.3 is 0 Å². The Bertz CT molecular complexity index is 247. The second kappa shape index (κ2) is 4.47. The van der Waals surface area contributed by atoms with Gasteiger partial charge in [0.05, 0.1) is 0 Å². The maximum absolute atomic E-state index is 13.9. The molecule has 4 heteroatoms. The number of rotatable bonds is 2. The molecule has 1 aliphatic carbocycles. The number of hydrogen-bond acceptors (Lipinski definition) is 2. The third-order valence-electron chi connectivity index (χ3n) is 4.72. The second-order valence-corrected chi connectivity index (χ2v) is 5.73. The molecule has 0 aromatic carbocycles. The number of halogens is 2. The van der Waals surface area contributed by atoms with Crippen LogP contribution in [0.15, 0.2) is 0 Å². The van der Waals surface area contributed by atoms with Gasteiger partial charge in [-0.25, -0.2) is 8.78 Å². The highest BCUT2D eigenvalue weighted by molar-refractivity contribution is 5.13. The molecular weight excluding hydrogens is 224 g/mol. The molecule has 1 saturated carbocycles. The molecular formula is C13H21F2NO. The molecule has 1 N–H and O–H groups in total. The molecule has 2 saturated heterocycles. The van der Waals surface area contributed by atoms with E-state index < -0.39 is 11.8 Å².